The highest BCUT2D eigenvalue weighted by atomic mass is 35.5. The molecule has 164 valence electrons. The molecule has 1 aliphatic rings. The third-order valence-corrected chi connectivity index (χ3v) is 4.55. The molecule has 1 fully saturated rings. The molecule has 0 radical (unpaired) electrons. The lowest BCUT2D eigenvalue weighted by Crippen LogP contribution is -2.54. The molecule has 5 atom stereocenters. The Balaban J connectivity index is 3.05. The van der Waals surface area contributed by atoms with Gasteiger partial charge in [-0.15, -0.1) is 16.5 Å². The zero-order valence-electron chi connectivity index (χ0n) is 16.3. The first-order chi connectivity index (χ1) is 13.1. The van der Waals surface area contributed by atoms with Crippen molar-refractivity contribution in [2.75, 3.05) is 32.7 Å². The maximum atomic E-state index is 12.6. The molecule has 0 aromatic heterocycles. The van der Waals surface area contributed by atoms with E-state index < -0.39 is 36.4 Å². The number of carbonyl (C=O) groups excluding carboxylic acids is 1. The molecule has 0 aromatic carbocycles. The van der Waals surface area contributed by atoms with Crippen LogP contribution in [-0.4, -0.2) is 99.4 Å². The van der Waals surface area contributed by atoms with Crippen LogP contribution in [0.4, 0.5) is 4.79 Å². The lowest BCUT2D eigenvalue weighted by molar-refractivity contribution is -0.251. The van der Waals surface area contributed by atoms with Gasteiger partial charge in [0.05, 0.1) is 11.8 Å². The number of ether oxygens (including phenoxy) is 2. The fraction of sp³-hybridized carbons (Fsp3) is 0.938. The van der Waals surface area contributed by atoms with Gasteiger partial charge in [-0.05, 0) is 12.3 Å². The summed E-state index contributed by atoms with van der Waals surface area (Å²) in [6, 6.07) is -0.955. The minimum Gasteiger partial charge on any atom is -0.387 e. The molecule has 1 aliphatic heterocycles. The number of aliphatic hydroxyl groups is 4. The Morgan fingerprint density at radius 2 is 2.00 bits per heavy atom. The second kappa shape index (κ2) is 11.2. The number of aliphatic hydroxyl groups excluding tert-OH is 3. The molecule has 0 saturated carbocycles. The Kier molecular flexibility index (Phi) is 9.98. The van der Waals surface area contributed by atoms with Crippen LogP contribution in [0.3, 0.4) is 0 Å². The number of rotatable bonds is 11. The number of carbonyl (C=O) groups is 1. The minimum absolute atomic E-state index is 0.000331. The maximum Gasteiger partial charge on any atom is 0.345 e. The first kappa shape index (κ1) is 25.0. The van der Waals surface area contributed by atoms with Gasteiger partial charge in [0.2, 0.25) is 0 Å². The number of nitroso groups, excluding NO2 is 1. The molecular formula is C16H30ClN3O8. The van der Waals surface area contributed by atoms with Crippen LogP contribution < -0.4 is 0 Å². The van der Waals surface area contributed by atoms with Crippen molar-refractivity contribution in [2.24, 2.45) is 11.2 Å². The smallest absolute Gasteiger partial charge is 0.345 e. The predicted octanol–water partition coefficient (Wildman–Crippen LogP) is -0.159. The number of urea groups is 1. The normalized spacial score (nSPS) is 28.4. The van der Waals surface area contributed by atoms with E-state index in [0.29, 0.717) is 11.4 Å². The number of amides is 2. The number of alkyl halides is 1. The molecule has 1 rings (SSSR count). The fourth-order valence-electron chi connectivity index (χ4n) is 3.11. The number of halogens is 1. The zero-order chi connectivity index (χ0) is 21.5. The lowest BCUT2D eigenvalue weighted by atomic mass is 9.96. The molecule has 1 heterocycles. The maximum absolute atomic E-state index is 12.6. The van der Waals surface area contributed by atoms with Crippen LogP contribution in [0.2, 0.25) is 0 Å². The summed E-state index contributed by atoms with van der Waals surface area (Å²) in [4.78, 5) is 24.4. The van der Waals surface area contributed by atoms with Crippen LogP contribution in [-0.2, 0) is 9.47 Å². The second-order valence-electron chi connectivity index (χ2n) is 7.09. The van der Waals surface area contributed by atoms with Gasteiger partial charge in [0.25, 0.3) is 0 Å². The monoisotopic (exact) mass is 427 g/mol. The van der Waals surface area contributed by atoms with Crippen molar-refractivity contribution in [1.29, 1.82) is 0 Å². The van der Waals surface area contributed by atoms with Crippen molar-refractivity contribution < 1.29 is 34.7 Å². The van der Waals surface area contributed by atoms with E-state index in [1.54, 1.807) is 13.8 Å². The third kappa shape index (κ3) is 5.96. The largest absolute Gasteiger partial charge is 0.387 e. The van der Waals surface area contributed by atoms with Gasteiger partial charge in [-0.1, -0.05) is 13.8 Å². The molecule has 0 aliphatic carbocycles. The van der Waals surface area contributed by atoms with Gasteiger partial charge in [-0.2, -0.15) is 5.01 Å². The van der Waals surface area contributed by atoms with Gasteiger partial charge in [-0.3, -0.25) is 4.90 Å². The van der Waals surface area contributed by atoms with Crippen LogP contribution in [0.15, 0.2) is 5.29 Å². The number of hydrogen-bond acceptors (Lipinski definition) is 9. The molecule has 11 nitrogen and oxygen atoms in total. The van der Waals surface area contributed by atoms with Crippen molar-refractivity contribution in [3.8, 4) is 0 Å². The van der Waals surface area contributed by atoms with Crippen LogP contribution in [0.25, 0.3) is 0 Å². The van der Waals surface area contributed by atoms with Crippen LogP contribution >= 0.6 is 11.6 Å². The molecule has 1 saturated heterocycles. The molecule has 0 spiro atoms. The van der Waals surface area contributed by atoms with Gasteiger partial charge >= 0.3 is 6.03 Å². The Labute approximate surface area is 168 Å². The quantitative estimate of drug-likeness (QED) is 0.117. The average molecular weight is 428 g/mol. The Morgan fingerprint density at radius 1 is 1.36 bits per heavy atom. The van der Waals surface area contributed by atoms with E-state index in [9.17, 15) is 30.1 Å². The van der Waals surface area contributed by atoms with E-state index in [-0.39, 0.29) is 37.9 Å². The zero-order valence-corrected chi connectivity index (χ0v) is 17.0. The van der Waals surface area contributed by atoms with Gasteiger partial charge in [0, 0.05) is 32.6 Å². The van der Waals surface area contributed by atoms with E-state index in [2.05, 4.69) is 5.29 Å². The Morgan fingerprint density at radius 3 is 2.50 bits per heavy atom. The van der Waals surface area contributed by atoms with E-state index in [1.807, 2.05) is 0 Å². The molecule has 0 aromatic rings. The molecule has 1 unspecified atom stereocenters. The number of hydrogen-bond donors (Lipinski definition) is 4. The van der Waals surface area contributed by atoms with Crippen molar-refractivity contribution in [1.82, 2.24) is 9.91 Å². The van der Waals surface area contributed by atoms with Gasteiger partial charge < -0.3 is 29.9 Å². The standard InChI is InChI=1S/C16H30ClN3O8/c1-10(2)9-16(25)13(22)11(21)12(28-16)14(23)19(6-4-8-27-3)15(24)20(18-26)7-5-17/h10-14,21-23,25H,4-9H2,1-3H3/t11-,12-,13+,14?,16-/m0/s1. The van der Waals surface area contributed by atoms with Crippen molar-refractivity contribution >= 4 is 17.6 Å². The Bertz CT molecular complexity index is 514. The van der Waals surface area contributed by atoms with E-state index >= 15 is 0 Å². The van der Waals surface area contributed by atoms with Crippen LogP contribution in [0.5, 0.6) is 0 Å². The molecule has 28 heavy (non-hydrogen) atoms. The molecule has 12 heteroatoms. The summed E-state index contributed by atoms with van der Waals surface area (Å²) in [6.07, 6.45) is -6.32. The number of nitrogens with zero attached hydrogens (tertiary/aromatic N) is 3. The summed E-state index contributed by atoms with van der Waals surface area (Å²) >= 11 is 5.56. The summed E-state index contributed by atoms with van der Waals surface area (Å²) in [5, 5.41) is 44.9. The Hall–Kier alpha value is -1.08. The van der Waals surface area contributed by atoms with E-state index in [1.165, 1.54) is 7.11 Å². The minimum atomic E-state index is -2.08. The highest BCUT2D eigenvalue weighted by molar-refractivity contribution is 6.18. The summed E-state index contributed by atoms with van der Waals surface area (Å²) in [5.74, 6) is -2.23. The summed E-state index contributed by atoms with van der Waals surface area (Å²) < 4.78 is 10.3. The highest BCUT2D eigenvalue weighted by Crippen LogP contribution is 2.36. The lowest BCUT2D eigenvalue weighted by Gasteiger charge is -2.34. The molecule has 4 N–H and O–H groups in total. The van der Waals surface area contributed by atoms with Crippen LogP contribution in [0, 0.1) is 10.8 Å². The topological polar surface area (TPSA) is 152 Å². The molecule has 2 amide bonds. The number of methoxy groups -OCH3 is 1. The van der Waals surface area contributed by atoms with Crippen LogP contribution in [0.1, 0.15) is 26.7 Å². The summed E-state index contributed by atoms with van der Waals surface area (Å²) in [6.45, 7) is 3.57. The van der Waals surface area contributed by atoms with Gasteiger partial charge in [0.15, 0.2) is 12.0 Å². The highest BCUT2D eigenvalue weighted by Gasteiger charge is 2.56. The van der Waals surface area contributed by atoms with Crippen molar-refractivity contribution in [3.05, 3.63) is 4.91 Å². The SMILES string of the molecule is COCCCN(C(=O)N(CCCl)N=O)C(O)[C@H]1O[C@@](O)(CC(C)C)[C@H](O)[C@H]1O. The summed E-state index contributed by atoms with van der Waals surface area (Å²) in [5.41, 5.74) is 0. The first-order valence-corrected chi connectivity index (χ1v) is 9.57. The fourth-order valence-corrected chi connectivity index (χ4v) is 3.27. The molecular weight excluding hydrogens is 398 g/mol. The predicted molar refractivity (Wildman–Crippen MR) is 99.1 cm³/mol. The van der Waals surface area contributed by atoms with E-state index in [4.69, 9.17) is 21.1 Å². The average Bonchev–Trinajstić information content (AvgIpc) is 2.86. The summed E-state index contributed by atoms with van der Waals surface area (Å²) in [7, 11) is 1.46. The van der Waals surface area contributed by atoms with Crippen molar-refractivity contribution in [2.45, 2.75) is 57.0 Å². The first-order valence-electron chi connectivity index (χ1n) is 9.03. The van der Waals surface area contributed by atoms with Gasteiger partial charge in [-0.25, -0.2) is 4.79 Å². The third-order valence-electron chi connectivity index (χ3n) is 4.39. The van der Waals surface area contributed by atoms with Crippen molar-refractivity contribution in [3.63, 3.8) is 0 Å². The van der Waals surface area contributed by atoms with E-state index in [0.717, 1.165) is 4.90 Å². The second-order valence-corrected chi connectivity index (χ2v) is 7.47. The van der Waals surface area contributed by atoms with Gasteiger partial charge in [0.1, 0.15) is 18.3 Å². The molecule has 0 bridgehead atoms.